The van der Waals surface area contributed by atoms with Gasteiger partial charge in [0.25, 0.3) is 5.91 Å². The average molecular weight is 366 g/mol. The number of para-hydroxylation sites is 2. The van der Waals surface area contributed by atoms with Crippen LogP contribution in [0.2, 0.25) is 0 Å². The number of nitrogens with zero attached hydrogens (tertiary/aromatic N) is 1. The summed E-state index contributed by atoms with van der Waals surface area (Å²) in [7, 11) is 0. The van der Waals surface area contributed by atoms with Gasteiger partial charge in [0.05, 0.1) is 4.92 Å². The third-order valence-electron chi connectivity index (χ3n) is 3.76. The van der Waals surface area contributed by atoms with E-state index in [1.807, 2.05) is 0 Å². The summed E-state index contributed by atoms with van der Waals surface area (Å²) in [5, 5.41) is 13.9. The van der Waals surface area contributed by atoms with Gasteiger partial charge in [0, 0.05) is 17.3 Å². The van der Waals surface area contributed by atoms with Gasteiger partial charge >= 0.3 is 5.69 Å². The number of nitro benzene ring substituents is 1. The standard InChI is InChI=1S/C20H15FN2O4/c21-15-10-12-16(13-11-15)22-20(24)19(14-6-2-1-3-7-14)27-18-9-5-4-8-17(18)23(25)26/h1-13,19H,(H,22,24)/t19-/m0/s1. The lowest BCUT2D eigenvalue weighted by atomic mass is 10.1. The number of carbonyl (C=O) groups excluding carboxylic acids is 1. The van der Waals surface area contributed by atoms with Gasteiger partial charge in [-0.3, -0.25) is 14.9 Å². The molecule has 0 unspecified atom stereocenters. The first-order chi connectivity index (χ1) is 13.0. The fourth-order valence-corrected chi connectivity index (χ4v) is 2.48. The number of nitrogens with one attached hydrogen (secondary N) is 1. The zero-order valence-electron chi connectivity index (χ0n) is 14.0. The highest BCUT2D eigenvalue weighted by molar-refractivity contribution is 5.95. The number of rotatable bonds is 6. The summed E-state index contributed by atoms with van der Waals surface area (Å²) >= 11 is 0. The molecule has 3 aromatic rings. The summed E-state index contributed by atoms with van der Waals surface area (Å²) in [5.41, 5.74) is 0.664. The van der Waals surface area contributed by atoms with Crippen LogP contribution >= 0.6 is 0 Å². The van der Waals surface area contributed by atoms with E-state index in [-0.39, 0.29) is 11.4 Å². The molecule has 0 fully saturated rings. The Kier molecular flexibility index (Phi) is 5.41. The first-order valence-electron chi connectivity index (χ1n) is 8.06. The van der Waals surface area contributed by atoms with E-state index >= 15 is 0 Å². The molecule has 0 radical (unpaired) electrons. The minimum Gasteiger partial charge on any atom is -0.469 e. The Balaban J connectivity index is 1.91. The molecule has 0 aromatic heterocycles. The normalized spacial score (nSPS) is 11.4. The molecule has 27 heavy (non-hydrogen) atoms. The van der Waals surface area contributed by atoms with Gasteiger partial charge in [-0.1, -0.05) is 42.5 Å². The number of hydrogen-bond donors (Lipinski definition) is 1. The lowest BCUT2D eigenvalue weighted by molar-refractivity contribution is -0.386. The molecule has 0 aliphatic heterocycles. The van der Waals surface area contributed by atoms with Gasteiger partial charge in [-0.15, -0.1) is 0 Å². The summed E-state index contributed by atoms with van der Waals surface area (Å²) in [6.07, 6.45) is -1.13. The Hall–Kier alpha value is -3.74. The van der Waals surface area contributed by atoms with Crippen molar-refractivity contribution in [2.45, 2.75) is 6.10 Å². The van der Waals surface area contributed by atoms with Crippen molar-refractivity contribution in [3.05, 3.63) is 100 Å². The molecule has 1 atom stereocenters. The third kappa shape index (κ3) is 4.46. The largest absolute Gasteiger partial charge is 0.469 e. The van der Waals surface area contributed by atoms with E-state index in [4.69, 9.17) is 4.74 Å². The molecular formula is C20H15FN2O4. The molecule has 0 spiro atoms. The van der Waals surface area contributed by atoms with Crippen molar-refractivity contribution in [3.8, 4) is 5.75 Å². The quantitative estimate of drug-likeness (QED) is 0.515. The first kappa shape index (κ1) is 18.1. The van der Waals surface area contributed by atoms with E-state index in [0.717, 1.165) is 0 Å². The van der Waals surface area contributed by atoms with Crippen LogP contribution in [0.4, 0.5) is 15.8 Å². The van der Waals surface area contributed by atoms with Crippen LogP contribution in [0.15, 0.2) is 78.9 Å². The Morgan fingerprint density at radius 1 is 0.963 bits per heavy atom. The maximum absolute atomic E-state index is 13.1. The maximum Gasteiger partial charge on any atom is 0.310 e. The molecule has 0 aliphatic carbocycles. The molecule has 0 aliphatic rings. The molecule has 0 bridgehead atoms. The second-order valence-electron chi connectivity index (χ2n) is 5.63. The van der Waals surface area contributed by atoms with Crippen LogP contribution < -0.4 is 10.1 Å². The summed E-state index contributed by atoms with van der Waals surface area (Å²) in [4.78, 5) is 23.4. The van der Waals surface area contributed by atoms with E-state index in [9.17, 15) is 19.3 Å². The fraction of sp³-hybridized carbons (Fsp3) is 0.0500. The van der Waals surface area contributed by atoms with E-state index in [1.54, 1.807) is 36.4 Å². The van der Waals surface area contributed by atoms with Gasteiger partial charge in [-0.05, 0) is 30.3 Å². The maximum atomic E-state index is 13.1. The number of hydrogen-bond acceptors (Lipinski definition) is 4. The lowest BCUT2D eigenvalue weighted by Crippen LogP contribution is -2.26. The van der Waals surface area contributed by atoms with Crippen LogP contribution in [-0.2, 0) is 4.79 Å². The molecule has 0 saturated carbocycles. The molecule has 7 heteroatoms. The van der Waals surface area contributed by atoms with Crippen molar-refractivity contribution in [1.29, 1.82) is 0 Å². The van der Waals surface area contributed by atoms with Crippen LogP contribution in [-0.4, -0.2) is 10.8 Å². The highest BCUT2D eigenvalue weighted by Gasteiger charge is 2.26. The monoisotopic (exact) mass is 366 g/mol. The minimum atomic E-state index is -1.13. The Morgan fingerprint density at radius 2 is 1.59 bits per heavy atom. The van der Waals surface area contributed by atoms with Crippen LogP contribution in [0.25, 0.3) is 0 Å². The summed E-state index contributed by atoms with van der Waals surface area (Å²) in [5.74, 6) is -0.986. The van der Waals surface area contributed by atoms with E-state index < -0.39 is 22.8 Å². The number of nitro groups is 1. The molecule has 3 rings (SSSR count). The molecular weight excluding hydrogens is 351 g/mol. The van der Waals surface area contributed by atoms with Crippen LogP contribution in [0.1, 0.15) is 11.7 Å². The number of ether oxygens (including phenoxy) is 1. The topological polar surface area (TPSA) is 81.5 Å². The van der Waals surface area contributed by atoms with E-state index in [0.29, 0.717) is 11.3 Å². The zero-order chi connectivity index (χ0) is 19.2. The van der Waals surface area contributed by atoms with Crippen molar-refractivity contribution >= 4 is 17.3 Å². The van der Waals surface area contributed by atoms with Gasteiger partial charge in [-0.25, -0.2) is 4.39 Å². The first-order valence-corrected chi connectivity index (χ1v) is 8.06. The minimum absolute atomic E-state index is 0.0226. The fourth-order valence-electron chi connectivity index (χ4n) is 2.48. The van der Waals surface area contributed by atoms with Crippen molar-refractivity contribution in [2.75, 3.05) is 5.32 Å². The van der Waals surface area contributed by atoms with E-state index in [1.165, 1.54) is 42.5 Å². The van der Waals surface area contributed by atoms with Crippen molar-refractivity contribution in [1.82, 2.24) is 0 Å². The second-order valence-corrected chi connectivity index (χ2v) is 5.63. The van der Waals surface area contributed by atoms with Crippen molar-refractivity contribution in [3.63, 3.8) is 0 Å². The summed E-state index contributed by atoms with van der Waals surface area (Å²) < 4.78 is 18.8. The molecule has 3 aromatic carbocycles. The number of anilines is 1. The molecule has 0 saturated heterocycles. The molecule has 1 N–H and O–H groups in total. The SMILES string of the molecule is O=C(Nc1ccc(F)cc1)[C@@H](Oc1ccccc1[N+](=O)[O-])c1ccccc1. The molecule has 0 heterocycles. The highest BCUT2D eigenvalue weighted by Crippen LogP contribution is 2.31. The number of halogens is 1. The second kappa shape index (κ2) is 8.09. The smallest absolute Gasteiger partial charge is 0.310 e. The predicted molar refractivity (Wildman–Crippen MR) is 97.9 cm³/mol. The highest BCUT2D eigenvalue weighted by atomic mass is 19.1. The van der Waals surface area contributed by atoms with Crippen molar-refractivity contribution < 1.29 is 18.8 Å². The van der Waals surface area contributed by atoms with E-state index in [2.05, 4.69) is 5.32 Å². The lowest BCUT2D eigenvalue weighted by Gasteiger charge is -2.19. The average Bonchev–Trinajstić information content (AvgIpc) is 2.68. The molecule has 1 amide bonds. The third-order valence-corrected chi connectivity index (χ3v) is 3.76. The number of amides is 1. The van der Waals surface area contributed by atoms with Gasteiger partial charge in [0.1, 0.15) is 5.82 Å². The van der Waals surface area contributed by atoms with Gasteiger partial charge in [0.15, 0.2) is 5.75 Å². The van der Waals surface area contributed by atoms with Crippen molar-refractivity contribution in [2.24, 2.45) is 0 Å². The van der Waals surface area contributed by atoms with Gasteiger partial charge in [0.2, 0.25) is 6.10 Å². The Bertz CT molecular complexity index is 946. The summed E-state index contributed by atoms with van der Waals surface area (Å²) in [6, 6.07) is 19.7. The summed E-state index contributed by atoms with van der Waals surface area (Å²) in [6.45, 7) is 0. The van der Waals surface area contributed by atoms with Crippen LogP contribution in [0.3, 0.4) is 0 Å². The molecule has 136 valence electrons. The number of benzene rings is 3. The number of carbonyl (C=O) groups is 1. The predicted octanol–water partition coefficient (Wildman–Crippen LogP) is 4.49. The van der Waals surface area contributed by atoms with Gasteiger partial charge < -0.3 is 10.1 Å². The zero-order valence-corrected chi connectivity index (χ0v) is 14.0. The Labute approximate surface area is 154 Å². The van der Waals surface area contributed by atoms with Crippen LogP contribution in [0, 0.1) is 15.9 Å². The molecule has 6 nitrogen and oxygen atoms in total. The van der Waals surface area contributed by atoms with Gasteiger partial charge in [-0.2, -0.15) is 0 Å². The Morgan fingerprint density at radius 3 is 2.26 bits per heavy atom. The van der Waals surface area contributed by atoms with Crippen LogP contribution in [0.5, 0.6) is 5.75 Å².